The molecule has 1 unspecified atom stereocenters. The van der Waals surface area contributed by atoms with E-state index in [1.165, 1.54) is 11.3 Å². The maximum absolute atomic E-state index is 4.90. The Bertz CT molecular complexity index is 1020. The summed E-state index contributed by atoms with van der Waals surface area (Å²) in [5.74, 6) is 3.58. The molecular weight excluding hydrogens is 376 g/mol. The number of fused-ring (bicyclic) bond motifs is 1. The third-order valence-electron chi connectivity index (χ3n) is 5.96. The Balaban J connectivity index is 1.37. The molecule has 30 heavy (non-hydrogen) atoms. The van der Waals surface area contributed by atoms with E-state index in [9.17, 15) is 0 Å². The number of pyridine rings is 1. The minimum atomic E-state index is 0.376. The Kier molecular flexibility index (Phi) is 5.13. The average Bonchev–Trinajstić information content (AvgIpc) is 3.47. The van der Waals surface area contributed by atoms with E-state index in [1.54, 1.807) is 18.7 Å². The van der Waals surface area contributed by atoms with Crippen molar-refractivity contribution in [2.24, 2.45) is 0 Å². The second-order valence-corrected chi connectivity index (χ2v) is 7.79. The van der Waals surface area contributed by atoms with Gasteiger partial charge in [0.05, 0.1) is 0 Å². The highest BCUT2D eigenvalue weighted by Gasteiger charge is 2.27. The Morgan fingerprint density at radius 3 is 2.87 bits per heavy atom. The monoisotopic (exact) mass is 402 g/mol. The van der Waals surface area contributed by atoms with Crippen LogP contribution in [0.2, 0.25) is 0 Å². The summed E-state index contributed by atoms with van der Waals surface area (Å²) in [6.07, 6.45) is 10.7. The predicted molar refractivity (Wildman–Crippen MR) is 118 cm³/mol. The van der Waals surface area contributed by atoms with Crippen LogP contribution in [0.15, 0.2) is 36.9 Å². The first-order chi connectivity index (χ1) is 14.8. The quantitative estimate of drug-likeness (QED) is 0.650. The van der Waals surface area contributed by atoms with Crippen LogP contribution in [-0.2, 0) is 12.8 Å². The van der Waals surface area contributed by atoms with E-state index in [0.717, 1.165) is 74.0 Å². The van der Waals surface area contributed by atoms with Crippen molar-refractivity contribution in [3.63, 3.8) is 0 Å². The van der Waals surface area contributed by atoms with Crippen LogP contribution in [0, 0.1) is 0 Å². The van der Waals surface area contributed by atoms with Gasteiger partial charge in [-0.15, -0.1) is 0 Å². The standard InChI is InChI=1S/C22H26N8/c1-23-19-12-20(27-14-26-19)30-11-3-4-16(30)13-25-22-17-5-2-6-18(17)28-21(29-22)15-7-9-24-10-8-15/h7-10,12,14,16H,2-6,11,13H2,1H3,(H,23,26,27)(H,25,28,29). The zero-order valence-electron chi connectivity index (χ0n) is 17.2. The molecule has 5 rings (SSSR count). The highest BCUT2D eigenvalue weighted by Crippen LogP contribution is 2.30. The predicted octanol–water partition coefficient (Wildman–Crippen LogP) is 2.94. The highest BCUT2D eigenvalue weighted by molar-refractivity contribution is 5.60. The SMILES string of the molecule is CNc1cc(N2CCCC2CNc2nc(-c3ccncc3)nc3c2CCC3)ncn1. The molecule has 4 heterocycles. The van der Waals surface area contributed by atoms with Crippen LogP contribution in [0.1, 0.15) is 30.5 Å². The summed E-state index contributed by atoms with van der Waals surface area (Å²) < 4.78 is 0. The fourth-order valence-electron chi connectivity index (χ4n) is 4.41. The fourth-order valence-corrected chi connectivity index (χ4v) is 4.41. The highest BCUT2D eigenvalue weighted by atomic mass is 15.3. The molecule has 0 saturated carbocycles. The molecule has 3 aromatic rings. The molecule has 0 amide bonds. The Hall–Kier alpha value is -3.29. The lowest BCUT2D eigenvalue weighted by molar-refractivity contribution is 0.688. The number of nitrogens with one attached hydrogen (secondary N) is 2. The van der Waals surface area contributed by atoms with Gasteiger partial charge < -0.3 is 15.5 Å². The van der Waals surface area contributed by atoms with Crippen molar-refractivity contribution in [1.82, 2.24) is 24.9 Å². The second kappa shape index (κ2) is 8.22. The normalized spacial score (nSPS) is 17.8. The lowest BCUT2D eigenvalue weighted by Crippen LogP contribution is -2.36. The molecule has 2 aliphatic rings. The number of rotatable bonds is 6. The van der Waals surface area contributed by atoms with Crippen molar-refractivity contribution in [3.05, 3.63) is 48.2 Å². The van der Waals surface area contributed by atoms with Crippen molar-refractivity contribution in [2.45, 2.75) is 38.1 Å². The van der Waals surface area contributed by atoms with Crippen molar-refractivity contribution < 1.29 is 0 Å². The van der Waals surface area contributed by atoms with Gasteiger partial charge >= 0.3 is 0 Å². The molecule has 8 nitrogen and oxygen atoms in total. The van der Waals surface area contributed by atoms with Gasteiger partial charge in [-0.25, -0.2) is 19.9 Å². The minimum absolute atomic E-state index is 0.376. The number of aromatic nitrogens is 5. The number of nitrogens with zero attached hydrogens (tertiary/aromatic N) is 6. The van der Waals surface area contributed by atoms with Gasteiger partial charge in [0.25, 0.3) is 0 Å². The van der Waals surface area contributed by atoms with Crippen LogP contribution in [0.25, 0.3) is 11.4 Å². The Morgan fingerprint density at radius 1 is 1.10 bits per heavy atom. The molecule has 2 N–H and O–H groups in total. The second-order valence-electron chi connectivity index (χ2n) is 7.79. The van der Waals surface area contributed by atoms with Gasteiger partial charge in [0.1, 0.15) is 23.8 Å². The van der Waals surface area contributed by atoms with E-state index in [-0.39, 0.29) is 0 Å². The summed E-state index contributed by atoms with van der Waals surface area (Å²) in [5.41, 5.74) is 3.46. The van der Waals surface area contributed by atoms with Gasteiger partial charge in [0, 0.05) is 61.5 Å². The fraction of sp³-hybridized carbons (Fsp3) is 0.409. The molecule has 0 aromatic carbocycles. The van der Waals surface area contributed by atoms with Crippen LogP contribution < -0.4 is 15.5 Å². The van der Waals surface area contributed by atoms with E-state index in [0.29, 0.717) is 6.04 Å². The van der Waals surface area contributed by atoms with Gasteiger partial charge in [-0.05, 0) is 44.2 Å². The maximum Gasteiger partial charge on any atom is 0.161 e. The van der Waals surface area contributed by atoms with Crippen molar-refractivity contribution in [2.75, 3.05) is 35.7 Å². The number of anilines is 3. The van der Waals surface area contributed by atoms with E-state index < -0.39 is 0 Å². The number of hydrogen-bond donors (Lipinski definition) is 2. The molecule has 1 atom stereocenters. The third kappa shape index (κ3) is 3.65. The Morgan fingerprint density at radius 2 is 2.00 bits per heavy atom. The average molecular weight is 403 g/mol. The van der Waals surface area contributed by atoms with Crippen LogP contribution in [0.5, 0.6) is 0 Å². The minimum Gasteiger partial charge on any atom is -0.373 e. The van der Waals surface area contributed by atoms with Crippen LogP contribution in [0.4, 0.5) is 17.5 Å². The van der Waals surface area contributed by atoms with Gasteiger partial charge in [-0.1, -0.05) is 0 Å². The summed E-state index contributed by atoms with van der Waals surface area (Å²) in [5, 5.41) is 6.76. The zero-order chi connectivity index (χ0) is 20.3. The lowest BCUT2D eigenvalue weighted by atomic mass is 10.2. The largest absolute Gasteiger partial charge is 0.373 e. The first-order valence-electron chi connectivity index (χ1n) is 10.6. The molecule has 1 aliphatic heterocycles. The van der Waals surface area contributed by atoms with Crippen LogP contribution in [-0.4, -0.2) is 51.1 Å². The summed E-state index contributed by atoms with van der Waals surface area (Å²) in [6, 6.07) is 6.32. The first kappa shape index (κ1) is 18.7. The molecular formula is C22H26N8. The summed E-state index contributed by atoms with van der Waals surface area (Å²) in [4.78, 5) is 25.0. The molecule has 154 valence electrons. The molecule has 0 bridgehead atoms. The van der Waals surface area contributed by atoms with Gasteiger partial charge in [-0.2, -0.15) is 0 Å². The van der Waals surface area contributed by atoms with Gasteiger partial charge in [0.15, 0.2) is 5.82 Å². The number of hydrogen-bond acceptors (Lipinski definition) is 8. The van der Waals surface area contributed by atoms with E-state index in [4.69, 9.17) is 9.97 Å². The van der Waals surface area contributed by atoms with Crippen LogP contribution >= 0.6 is 0 Å². The van der Waals surface area contributed by atoms with E-state index in [2.05, 4.69) is 30.5 Å². The van der Waals surface area contributed by atoms with Crippen molar-refractivity contribution >= 4 is 17.5 Å². The summed E-state index contributed by atoms with van der Waals surface area (Å²) in [6.45, 7) is 1.84. The molecule has 1 aliphatic carbocycles. The maximum atomic E-state index is 4.90. The molecule has 8 heteroatoms. The first-order valence-corrected chi connectivity index (χ1v) is 10.6. The van der Waals surface area contributed by atoms with E-state index >= 15 is 0 Å². The molecule has 1 fully saturated rings. The van der Waals surface area contributed by atoms with Gasteiger partial charge in [0.2, 0.25) is 0 Å². The molecule has 1 saturated heterocycles. The third-order valence-corrected chi connectivity index (χ3v) is 5.96. The van der Waals surface area contributed by atoms with Crippen molar-refractivity contribution in [3.8, 4) is 11.4 Å². The zero-order valence-corrected chi connectivity index (χ0v) is 17.2. The summed E-state index contributed by atoms with van der Waals surface area (Å²) >= 11 is 0. The molecule has 3 aromatic heterocycles. The lowest BCUT2D eigenvalue weighted by Gasteiger charge is -2.26. The Labute approximate surface area is 176 Å². The van der Waals surface area contributed by atoms with Crippen LogP contribution in [0.3, 0.4) is 0 Å². The number of aryl methyl sites for hydroxylation is 1. The van der Waals surface area contributed by atoms with Gasteiger partial charge in [-0.3, -0.25) is 4.98 Å². The van der Waals surface area contributed by atoms with Crippen molar-refractivity contribution in [1.29, 1.82) is 0 Å². The molecule has 0 spiro atoms. The topological polar surface area (TPSA) is 91.8 Å². The molecule has 0 radical (unpaired) electrons. The smallest absolute Gasteiger partial charge is 0.161 e. The van der Waals surface area contributed by atoms with E-state index in [1.807, 2.05) is 25.2 Å². The summed E-state index contributed by atoms with van der Waals surface area (Å²) in [7, 11) is 1.88.